The SMILES string of the molecule is Cc1c(N)cccc1Oc1ccc(C#N)cc1. The van der Waals surface area contributed by atoms with Crippen LogP contribution in [0.2, 0.25) is 0 Å². The van der Waals surface area contributed by atoms with E-state index in [4.69, 9.17) is 15.7 Å². The molecule has 84 valence electrons. The summed E-state index contributed by atoms with van der Waals surface area (Å²) in [5.41, 5.74) is 8.03. The highest BCUT2D eigenvalue weighted by molar-refractivity contribution is 5.54. The van der Waals surface area contributed by atoms with Crippen LogP contribution in [0.15, 0.2) is 42.5 Å². The number of hydrogen-bond acceptors (Lipinski definition) is 3. The number of nitrogens with two attached hydrogens (primary N) is 1. The van der Waals surface area contributed by atoms with Crippen LogP contribution in [0.4, 0.5) is 5.69 Å². The second-order valence-corrected chi connectivity index (χ2v) is 3.71. The standard InChI is InChI=1S/C14H12N2O/c1-10-13(16)3-2-4-14(10)17-12-7-5-11(9-15)6-8-12/h2-8H,16H2,1H3. The molecule has 0 atom stereocenters. The van der Waals surface area contributed by atoms with Crippen molar-refractivity contribution in [1.29, 1.82) is 5.26 Å². The van der Waals surface area contributed by atoms with Gasteiger partial charge in [0.1, 0.15) is 11.5 Å². The van der Waals surface area contributed by atoms with E-state index in [1.807, 2.05) is 25.1 Å². The van der Waals surface area contributed by atoms with Gasteiger partial charge in [0.25, 0.3) is 0 Å². The molecule has 0 aliphatic carbocycles. The lowest BCUT2D eigenvalue weighted by atomic mass is 10.2. The molecule has 0 spiro atoms. The lowest BCUT2D eigenvalue weighted by Gasteiger charge is -2.10. The number of benzene rings is 2. The first-order chi connectivity index (χ1) is 8.20. The third-order valence-electron chi connectivity index (χ3n) is 2.54. The molecule has 2 aromatic carbocycles. The largest absolute Gasteiger partial charge is 0.457 e. The van der Waals surface area contributed by atoms with E-state index in [9.17, 15) is 0 Å². The zero-order valence-corrected chi connectivity index (χ0v) is 9.47. The Morgan fingerprint density at radius 3 is 2.47 bits per heavy atom. The monoisotopic (exact) mass is 224 g/mol. The van der Waals surface area contributed by atoms with Crippen molar-refractivity contribution < 1.29 is 4.74 Å². The predicted octanol–water partition coefficient (Wildman–Crippen LogP) is 3.24. The van der Waals surface area contributed by atoms with Gasteiger partial charge in [-0.05, 0) is 43.3 Å². The Hall–Kier alpha value is -2.47. The van der Waals surface area contributed by atoms with Gasteiger partial charge in [0.05, 0.1) is 11.6 Å². The molecule has 0 aliphatic rings. The Morgan fingerprint density at radius 2 is 1.82 bits per heavy atom. The molecular formula is C14H12N2O. The molecule has 0 heterocycles. The van der Waals surface area contributed by atoms with Crippen LogP contribution < -0.4 is 10.5 Å². The van der Waals surface area contributed by atoms with Gasteiger partial charge in [-0.2, -0.15) is 5.26 Å². The molecule has 0 aromatic heterocycles. The molecule has 2 N–H and O–H groups in total. The topological polar surface area (TPSA) is 59.0 Å². The summed E-state index contributed by atoms with van der Waals surface area (Å²) in [6.45, 7) is 1.91. The molecule has 0 bridgehead atoms. The van der Waals surface area contributed by atoms with Crippen LogP contribution >= 0.6 is 0 Å². The summed E-state index contributed by atoms with van der Waals surface area (Å²) in [4.78, 5) is 0. The van der Waals surface area contributed by atoms with E-state index < -0.39 is 0 Å². The minimum Gasteiger partial charge on any atom is -0.457 e. The van der Waals surface area contributed by atoms with E-state index in [0.29, 0.717) is 17.0 Å². The van der Waals surface area contributed by atoms with Crippen LogP contribution in [0.1, 0.15) is 11.1 Å². The Balaban J connectivity index is 2.26. The molecule has 0 unspecified atom stereocenters. The number of nitriles is 1. The van der Waals surface area contributed by atoms with E-state index in [2.05, 4.69) is 6.07 Å². The Bertz CT molecular complexity index is 568. The van der Waals surface area contributed by atoms with Gasteiger partial charge in [0.2, 0.25) is 0 Å². The average molecular weight is 224 g/mol. The first-order valence-electron chi connectivity index (χ1n) is 5.24. The van der Waals surface area contributed by atoms with Gasteiger partial charge >= 0.3 is 0 Å². The van der Waals surface area contributed by atoms with Crippen LogP contribution in [0.5, 0.6) is 11.5 Å². The van der Waals surface area contributed by atoms with Crippen molar-refractivity contribution in [1.82, 2.24) is 0 Å². The number of nitrogen functional groups attached to an aromatic ring is 1. The van der Waals surface area contributed by atoms with Gasteiger partial charge in [-0.15, -0.1) is 0 Å². The zero-order chi connectivity index (χ0) is 12.3. The second-order valence-electron chi connectivity index (χ2n) is 3.71. The molecule has 3 nitrogen and oxygen atoms in total. The Kier molecular flexibility index (Phi) is 2.97. The summed E-state index contributed by atoms with van der Waals surface area (Å²) in [5, 5.41) is 8.69. The van der Waals surface area contributed by atoms with E-state index in [0.717, 1.165) is 11.3 Å². The highest BCUT2D eigenvalue weighted by Crippen LogP contribution is 2.28. The average Bonchev–Trinajstić information content (AvgIpc) is 2.36. The third kappa shape index (κ3) is 2.37. The molecule has 0 aliphatic heterocycles. The lowest BCUT2D eigenvalue weighted by Crippen LogP contribution is -1.93. The van der Waals surface area contributed by atoms with E-state index in [1.165, 1.54) is 0 Å². The number of ether oxygens (including phenoxy) is 1. The summed E-state index contributed by atoms with van der Waals surface area (Å²) >= 11 is 0. The molecule has 0 saturated carbocycles. The van der Waals surface area contributed by atoms with Crippen molar-refractivity contribution in [2.75, 3.05) is 5.73 Å². The molecule has 0 amide bonds. The minimum atomic E-state index is 0.613. The number of hydrogen-bond donors (Lipinski definition) is 1. The highest BCUT2D eigenvalue weighted by Gasteiger charge is 2.03. The molecule has 0 saturated heterocycles. The van der Waals surface area contributed by atoms with Gasteiger partial charge < -0.3 is 10.5 Å². The predicted molar refractivity (Wildman–Crippen MR) is 66.8 cm³/mol. The number of rotatable bonds is 2. The first-order valence-corrected chi connectivity index (χ1v) is 5.24. The van der Waals surface area contributed by atoms with E-state index in [1.54, 1.807) is 24.3 Å². The fourth-order valence-corrected chi connectivity index (χ4v) is 1.47. The highest BCUT2D eigenvalue weighted by atomic mass is 16.5. The molecule has 2 rings (SSSR count). The van der Waals surface area contributed by atoms with E-state index >= 15 is 0 Å². The molecule has 2 aromatic rings. The molecule has 17 heavy (non-hydrogen) atoms. The van der Waals surface area contributed by atoms with Crippen molar-refractivity contribution in [3.8, 4) is 17.6 Å². The zero-order valence-electron chi connectivity index (χ0n) is 9.47. The summed E-state index contributed by atoms with van der Waals surface area (Å²) in [6.07, 6.45) is 0. The normalized spacial score (nSPS) is 9.65. The van der Waals surface area contributed by atoms with Crippen molar-refractivity contribution in [2.24, 2.45) is 0 Å². The van der Waals surface area contributed by atoms with Gasteiger partial charge in [0.15, 0.2) is 0 Å². The van der Waals surface area contributed by atoms with Gasteiger partial charge in [-0.3, -0.25) is 0 Å². The van der Waals surface area contributed by atoms with Gasteiger partial charge in [0, 0.05) is 11.3 Å². The minimum absolute atomic E-state index is 0.613. The van der Waals surface area contributed by atoms with Gasteiger partial charge in [-0.25, -0.2) is 0 Å². The second kappa shape index (κ2) is 4.58. The Morgan fingerprint density at radius 1 is 1.12 bits per heavy atom. The maximum absolute atomic E-state index is 8.69. The maximum atomic E-state index is 8.69. The van der Waals surface area contributed by atoms with Crippen molar-refractivity contribution in [3.63, 3.8) is 0 Å². The van der Waals surface area contributed by atoms with Crippen molar-refractivity contribution >= 4 is 5.69 Å². The molecule has 0 radical (unpaired) electrons. The molecular weight excluding hydrogens is 212 g/mol. The maximum Gasteiger partial charge on any atom is 0.132 e. The fourth-order valence-electron chi connectivity index (χ4n) is 1.47. The summed E-state index contributed by atoms with van der Waals surface area (Å²) < 4.78 is 5.70. The number of nitrogens with zero attached hydrogens (tertiary/aromatic N) is 1. The summed E-state index contributed by atoms with van der Waals surface area (Å²) in [6, 6.07) is 14.6. The van der Waals surface area contributed by atoms with Crippen LogP contribution in [0.25, 0.3) is 0 Å². The summed E-state index contributed by atoms with van der Waals surface area (Å²) in [7, 11) is 0. The number of anilines is 1. The Labute approximate surface area is 100 Å². The van der Waals surface area contributed by atoms with Crippen LogP contribution in [-0.4, -0.2) is 0 Å². The fraction of sp³-hybridized carbons (Fsp3) is 0.0714. The smallest absolute Gasteiger partial charge is 0.132 e. The van der Waals surface area contributed by atoms with Crippen LogP contribution in [-0.2, 0) is 0 Å². The van der Waals surface area contributed by atoms with Crippen molar-refractivity contribution in [3.05, 3.63) is 53.6 Å². The van der Waals surface area contributed by atoms with Crippen molar-refractivity contribution in [2.45, 2.75) is 6.92 Å². The first kappa shape index (κ1) is 11.0. The van der Waals surface area contributed by atoms with Crippen LogP contribution in [0, 0.1) is 18.3 Å². The third-order valence-corrected chi connectivity index (χ3v) is 2.54. The molecule has 3 heteroatoms. The van der Waals surface area contributed by atoms with E-state index in [-0.39, 0.29) is 0 Å². The lowest BCUT2D eigenvalue weighted by molar-refractivity contribution is 0.479. The summed E-state index contributed by atoms with van der Waals surface area (Å²) in [5.74, 6) is 1.42. The quantitative estimate of drug-likeness (QED) is 0.796. The molecule has 0 fully saturated rings. The van der Waals surface area contributed by atoms with Crippen LogP contribution in [0.3, 0.4) is 0 Å². The van der Waals surface area contributed by atoms with Gasteiger partial charge in [-0.1, -0.05) is 6.07 Å².